The Hall–Kier alpha value is -3.45. The highest BCUT2D eigenvalue weighted by molar-refractivity contribution is 9.10. The van der Waals surface area contributed by atoms with Crippen LogP contribution in [-0.2, 0) is 6.54 Å². The summed E-state index contributed by atoms with van der Waals surface area (Å²) in [6.07, 6.45) is 5.30. The maximum absolute atomic E-state index is 13.8. The van der Waals surface area contributed by atoms with Crippen LogP contribution in [0.2, 0.25) is 0 Å². The van der Waals surface area contributed by atoms with Crippen molar-refractivity contribution in [3.63, 3.8) is 0 Å². The summed E-state index contributed by atoms with van der Waals surface area (Å²) in [6.45, 7) is 4.36. The molecule has 0 saturated heterocycles. The second-order valence-electron chi connectivity index (χ2n) is 8.11. The van der Waals surface area contributed by atoms with Crippen molar-refractivity contribution in [3.05, 3.63) is 116 Å². The molecule has 0 spiro atoms. The molecule has 0 aliphatic carbocycles. The number of hydrogen-bond acceptors (Lipinski definition) is 4. The summed E-state index contributed by atoms with van der Waals surface area (Å²) >= 11 is 3.32. The summed E-state index contributed by atoms with van der Waals surface area (Å²) in [5, 5.41) is 0. The lowest BCUT2D eigenvalue weighted by Gasteiger charge is -2.17. The zero-order valence-corrected chi connectivity index (χ0v) is 19.7. The molecular weight excluding hydrogens is 483 g/mol. The number of nitrogens with zero attached hydrogens (tertiary/aromatic N) is 4. The molecule has 3 aromatic heterocycles. The Morgan fingerprint density at radius 2 is 1.88 bits per heavy atom. The smallest absolute Gasteiger partial charge is 0.251 e. The number of aryl methyl sites for hydroxylation is 1. The summed E-state index contributed by atoms with van der Waals surface area (Å²) in [7, 11) is 0. The maximum Gasteiger partial charge on any atom is 0.251 e. The first-order valence-corrected chi connectivity index (χ1v) is 11.3. The van der Waals surface area contributed by atoms with Gasteiger partial charge in [0.1, 0.15) is 5.82 Å². The molecule has 0 amide bonds. The highest BCUT2D eigenvalue weighted by atomic mass is 79.9. The van der Waals surface area contributed by atoms with E-state index in [0.29, 0.717) is 16.6 Å². The molecule has 1 aromatic carbocycles. The van der Waals surface area contributed by atoms with Gasteiger partial charge in [0.15, 0.2) is 0 Å². The molecule has 1 unspecified atom stereocenters. The van der Waals surface area contributed by atoms with Gasteiger partial charge in [-0.2, -0.15) is 0 Å². The predicted octanol–water partition coefficient (Wildman–Crippen LogP) is 5.48. The fraction of sp³-hybridized carbons (Fsp3) is 0.154. The van der Waals surface area contributed by atoms with Crippen LogP contribution in [0.1, 0.15) is 41.0 Å². The summed E-state index contributed by atoms with van der Waals surface area (Å²) in [6, 6.07) is 13.8. The Balaban J connectivity index is 1.49. The van der Waals surface area contributed by atoms with E-state index in [2.05, 4.69) is 30.9 Å². The average molecular weight is 503 g/mol. The topological polar surface area (TPSA) is 60.1 Å². The lowest BCUT2D eigenvalue weighted by molar-refractivity contribution is 0.592. The number of hydrogen-bond donors (Lipinski definition) is 0. The second-order valence-corrected chi connectivity index (χ2v) is 9.02. The molecule has 0 saturated carbocycles. The molecule has 0 bridgehead atoms. The minimum atomic E-state index is -0.345. The van der Waals surface area contributed by atoms with Crippen LogP contribution in [0.4, 0.5) is 4.39 Å². The van der Waals surface area contributed by atoms with Gasteiger partial charge in [-0.3, -0.25) is 19.8 Å². The Morgan fingerprint density at radius 3 is 2.64 bits per heavy atom. The van der Waals surface area contributed by atoms with Crippen LogP contribution in [0.15, 0.2) is 81.4 Å². The molecule has 4 heterocycles. The van der Waals surface area contributed by atoms with Gasteiger partial charge in [0.05, 0.1) is 24.0 Å². The van der Waals surface area contributed by atoms with Gasteiger partial charge >= 0.3 is 0 Å². The fourth-order valence-corrected chi connectivity index (χ4v) is 4.61. The summed E-state index contributed by atoms with van der Waals surface area (Å²) in [4.78, 5) is 26.5. The van der Waals surface area contributed by atoms with Crippen molar-refractivity contribution in [2.24, 2.45) is 4.99 Å². The van der Waals surface area contributed by atoms with E-state index in [4.69, 9.17) is 0 Å². The number of fused-ring (bicyclic) bond motifs is 1. The molecule has 0 fully saturated rings. The number of aromatic nitrogens is 3. The lowest BCUT2D eigenvalue weighted by Crippen LogP contribution is -2.22. The van der Waals surface area contributed by atoms with Crippen molar-refractivity contribution in [3.8, 4) is 11.1 Å². The van der Waals surface area contributed by atoms with Crippen molar-refractivity contribution in [2.45, 2.75) is 26.4 Å². The molecule has 0 N–H and O–H groups in total. The third-order valence-corrected chi connectivity index (χ3v) is 6.31. The van der Waals surface area contributed by atoms with Crippen molar-refractivity contribution < 1.29 is 4.39 Å². The van der Waals surface area contributed by atoms with E-state index < -0.39 is 0 Å². The van der Waals surface area contributed by atoms with Crippen molar-refractivity contribution in [1.29, 1.82) is 0 Å². The fourth-order valence-electron chi connectivity index (χ4n) is 4.13. The van der Waals surface area contributed by atoms with Gasteiger partial charge < -0.3 is 4.57 Å². The molecule has 0 radical (unpaired) electrons. The SMILES string of the molecule is Cc1cc(C2=NCc3ncc(-c4ccn(C(C)c5cc(F)cc(Br)c5)c(=O)c4)cc32)ccn1. The van der Waals surface area contributed by atoms with Crippen LogP contribution in [0.3, 0.4) is 0 Å². The van der Waals surface area contributed by atoms with E-state index in [9.17, 15) is 9.18 Å². The predicted molar refractivity (Wildman–Crippen MR) is 130 cm³/mol. The highest BCUT2D eigenvalue weighted by Crippen LogP contribution is 2.27. The Bertz CT molecular complexity index is 1460. The second kappa shape index (κ2) is 8.48. The van der Waals surface area contributed by atoms with Gasteiger partial charge in [0.25, 0.3) is 5.56 Å². The Labute approximate surface area is 198 Å². The van der Waals surface area contributed by atoms with E-state index in [1.807, 2.05) is 44.2 Å². The monoisotopic (exact) mass is 502 g/mol. The minimum Gasteiger partial charge on any atom is -0.308 e. The van der Waals surface area contributed by atoms with Crippen molar-refractivity contribution in [1.82, 2.24) is 14.5 Å². The van der Waals surface area contributed by atoms with Gasteiger partial charge in [0, 0.05) is 51.5 Å². The number of halogens is 2. The van der Waals surface area contributed by atoms with E-state index in [1.165, 1.54) is 12.1 Å². The molecule has 5 rings (SSSR count). The standard InChI is InChI=1S/C26H20BrFN4O/c1-15-7-18(3-5-29-15)26-23-10-20(13-30-24(23)14-31-26)17-4-6-32(25(33)11-17)16(2)19-8-21(27)12-22(28)9-19/h3-13,16H,14H2,1-2H3. The first-order chi connectivity index (χ1) is 15.9. The molecule has 164 valence electrons. The van der Waals surface area contributed by atoms with Crippen LogP contribution in [0, 0.1) is 12.7 Å². The van der Waals surface area contributed by atoms with Crippen LogP contribution >= 0.6 is 15.9 Å². The van der Waals surface area contributed by atoms with Gasteiger partial charge in [0.2, 0.25) is 0 Å². The molecule has 5 nitrogen and oxygen atoms in total. The van der Waals surface area contributed by atoms with Crippen molar-refractivity contribution in [2.75, 3.05) is 0 Å². The highest BCUT2D eigenvalue weighted by Gasteiger charge is 2.20. The summed E-state index contributed by atoms with van der Waals surface area (Å²) < 4.78 is 16.1. The van der Waals surface area contributed by atoms with Gasteiger partial charge in [-0.05, 0) is 67.4 Å². The molecule has 7 heteroatoms. The average Bonchev–Trinajstić information content (AvgIpc) is 3.21. The van der Waals surface area contributed by atoms with Gasteiger partial charge in [-0.1, -0.05) is 15.9 Å². The van der Waals surface area contributed by atoms with Crippen LogP contribution in [-0.4, -0.2) is 20.2 Å². The van der Waals surface area contributed by atoms with E-state index >= 15 is 0 Å². The van der Waals surface area contributed by atoms with Crippen LogP contribution < -0.4 is 5.56 Å². The van der Waals surface area contributed by atoms with Crippen LogP contribution in [0.5, 0.6) is 0 Å². The molecule has 1 aliphatic heterocycles. The largest absolute Gasteiger partial charge is 0.308 e. The summed E-state index contributed by atoms with van der Waals surface area (Å²) in [5.74, 6) is -0.345. The normalized spacial score (nSPS) is 13.5. The van der Waals surface area contributed by atoms with Crippen molar-refractivity contribution >= 4 is 21.6 Å². The first-order valence-electron chi connectivity index (χ1n) is 10.5. The van der Waals surface area contributed by atoms with E-state index in [0.717, 1.165) is 39.4 Å². The van der Waals surface area contributed by atoms with E-state index in [-0.39, 0.29) is 17.4 Å². The zero-order valence-electron chi connectivity index (χ0n) is 18.1. The van der Waals surface area contributed by atoms with Crippen LogP contribution in [0.25, 0.3) is 11.1 Å². The third-order valence-electron chi connectivity index (χ3n) is 5.85. The molecule has 4 aromatic rings. The Morgan fingerprint density at radius 1 is 1.03 bits per heavy atom. The number of aliphatic imine (C=N–C) groups is 1. The van der Waals surface area contributed by atoms with Gasteiger partial charge in [-0.15, -0.1) is 0 Å². The zero-order chi connectivity index (χ0) is 23.1. The lowest BCUT2D eigenvalue weighted by atomic mass is 9.99. The molecule has 33 heavy (non-hydrogen) atoms. The summed E-state index contributed by atoms with van der Waals surface area (Å²) in [5.41, 5.74) is 6.88. The first kappa shape index (κ1) is 21.4. The third kappa shape index (κ3) is 4.16. The van der Waals surface area contributed by atoms with E-state index in [1.54, 1.807) is 29.2 Å². The van der Waals surface area contributed by atoms with Gasteiger partial charge in [-0.25, -0.2) is 4.39 Å². The maximum atomic E-state index is 13.8. The molecular formula is C26H20BrFN4O. The minimum absolute atomic E-state index is 0.167. The quantitative estimate of drug-likeness (QED) is 0.371. The number of pyridine rings is 3. The number of rotatable bonds is 4. The molecule has 1 aliphatic rings. The Kier molecular flexibility index (Phi) is 5.50. The molecule has 1 atom stereocenters. The number of benzene rings is 1.